The van der Waals surface area contributed by atoms with Crippen LogP contribution >= 0.6 is 11.6 Å². The molecule has 2 aliphatic rings. The van der Waals surface area contributed by atoms with Crippen molar-refractivity contribution in [1.82, 2.24) is 10.3 Å². The molecule has 2 aromatic carbocycles. The Bertz CT molecular complexity index is 1130. The predicted molar refractivity (Wildman–Crippen MR) is 133 cm³/mol. The molecule has 5 rings (SSSR count). The van der Waals surface area contributed by atoms with Crippen LogP contribution in [0.25, 0.3) is 10.9 Å². The van der Waals surface area contributed by atoms with Gasteiger partial charge in [0.2, 0.25) is 0 Å². The van der Waals surface area contributed by atoms with E-state index in [2.05, 4.69) is 40.3 Å². The Morgan fingerprint density at radius 1 is 1.12 bits per heavy atom. The highest BCUT2D eigenvalue weighted by molar-refractivity contribution is 6.31. The van der Waals surface area contributed by atoms with Gasteiger partial charge < -0.3 is 15.2 Å². The van der Waals surface area contributed by atoms with Gasteiger partial charge in [-0.15, -0.1) is 0 Å². The van der Waals surface area contributed by atoms with Crippen molar-refractivity contribution >= 4 is 34.1 Å². The fourth-order valence-electron chi connectivity index (χ4n) is 5.11. The Morgan fingerprint density at radius 3 is 2.69 bits per heavy atom. The minimum absolute atomic E-state index is 0.0351. The molecule has 32 heavy (non-hydrogen) atoms. The zero-order valence-electron chi connectivity index (χ0n) is 18.8. The number of anilines is 1. The van der Waals surface area contributed by atoms with Gasteiger partial charge in [-0.05, 0) is 97.9 Å². The number of amides is 1. The van der Waals surface area contributed by atoms with Crippen molar-refractivity contribution in [3.05, 3.63) is 63.8 Å². The number of piperidine rings is 1. The first-order valence-electron chi connectivity index (χ1n) is 12.1. The van der Waals surface area contributed by atoms with E-state index < -0.39 is 0 Å². The summed E-state index contributed by atoms with van der Waals surface area (Å²) >= 11 is 6.18. The van der Waals surface area contributed by atoms with Crippen LogP contribution in [0.5, 0.6) is 0 Å². The minimum Gasteiger partial charge on any atom is -0.372 e. The summed E-state index contributed by atoms with van der Waals surface area (Å²) in [4.78, 5) is 18.8. The Hall–Kier alpha value is -2.46. The van der Waals surface area contributed by atoms with Gasteiger partial charge in [-0.3, -0.25) is 4.79 Å². The Morgan fingerprint density at radius 2 is 1.94 bits per heavy atom. The molecule has 0 bridgehead atoms. The van der Waals surface area contributed by atoms with Crippen LogP contribution in [0.1, 0.15) is 72.1 Å². The molecule has 0 atom stereocenters. The van der Waals surface area contributed by atoms with Gasteiger partial charge in [0.15, 0.2) is 0 Å². The average Bonchev–Trinajstić information content (AvgIpc) is 3.60. The SMILES string of the molecule is CCc1c(C(=O)NCCc2ccc(N3CCCCC3)cc2C2CC2)[nH]c2ccc(Cl)cc12. The van der Waals surface area contributed by atoms with Crippen molar-refractivity contribution in [2.45, 2.75) is 57.8 Å². The predicted octanol–water partition coefficient (Wildman–Crippen LogP) is 6.22. The van der Waals surface area contributed by atoms with Crippen molar-refractivity contribution in [3.8, 4) is 0 Å². The Kier molecular flexibility index (Phi) is 6.14. The zero-order valence-corrected chi connectivity index (χ0v) is 19.6. The highest BCUT2D eigenvalue weighted by Gasteiger charge is 2.27. The number of fused-ring (bicyclic) bond motifs is 1. The second kappa shape index (κ2) is 9.19. The molecule has 0 spiro atoms. The molecule has 1 amide bonds. The first kappa shape index (κ1) is 21.4. The summed E-state index contributed by atoms with van der Waals surface area (Å²) in [5, 5.41) is 4.88. The molecular formula is C27H32ClN3O. The van der Waals surface area contributed by atoms with Crippen LogP contribution in [-0.2, 0) is 12.8 Å². The molecule has 2 heterocycles. The van der Waals surface area contributed by atoms with Gasteiger partial charge in [0.25, 0.3) is 5.91 Å². The van der Waals surface area contributed by atoms with Crippen molar-refractivity contribution in [2.75, 3.05) is 24.5 Å². The molecule has 3 aromatic rings. The standard InChI is InChI=1S/C27H32ClN3O/c1-2-22-24-16-20(28)9-11-25(24)30-26(22)27(32)29-13-12-19-8-10-21(17-23(19)18-6-7-18)31-14-4-3-5-15-31/h8-11,16-18,30H,2-7,12-15H2,1H3,(H,29,32). The summed E-state index contributed by atoms with van der Waals surface area (Å²) in [6, 6.07) is 12.7. The molecule has 2 N–H and O–H groups in total. The van der Waals surface area contributed by atoms with Crippen LogP contribution in [0.3, 0.4) is 0 Å². The maximum atomic E-state index is 13.0. The topological polar surface area (TPSA) is 48.1 Å². The first-order chi connectivity index (χ1) is 15.6. The first-order valence-corrected chi connectivity index (χ1v) is 12.5. The number of hydrogen-bond acceptors (Lipinski definition) is 2. The van der Waals surface area contributed by atoms with E-state index >= 15 is 0 Å². The van der Waals surface area contributed by atoms with Gasteiger partial charge >= 0.3 is 0 Å². The monoisotopic (exact) mass is 449 g/mol. The number of nitrogens with one attached hydrogen (secondary N) is 2. The molecule has 0 unspecified atom stereocenters. The van der Waals surface area contributed by atoms with Crippen molar-refractivity contribution in [1.29, 1.82) is 0 Å². The summed E-state index contributed by atoms with van der Waals surface area (Å²) < 4.78 is 0. The van der Waals surface area contributed by atoms with E-state index in [4.69, 9.17) is 11.6 Å². The fraction of sp³-hybridized carbons (Fsp3) is 0.444. The van der Waals surface area contributed by atoms with Gasteiger partial charge in [-0.25, -0.2) is 0 Å². The Balaban J connectivity index is 1.28. The summed E-state index contributed by atoms with van der Waals surface area (Å²) in [6.07, 6.45) is 8.18. The van der Waals surface area contributed by atoms with Crippen molar-refractivity contribution < 1.29 is 4.79 Å². The molecule has 1 aliphatic heterocycles. The second-order valence-corrected chi connectivity index (χ2v) is 9.67. The summed E-state index contributed by atoms with van der Waals surface area (Å²) in [7, 11) is 0. The van der Waals surface area contributed by atoms with E-state index in [0.717, 1.165) is 29.3 Å². The quantitative estimate of drug-likeness (QED) is 0.449. The molecule has 4 nitrogen and oxygen atoms in total. The van der Waals surface area contributed by atoms with Crippen LogP contribution < -0.4 is 10.2 Å². The van der Waals surface area contributed by atoms with E-state index in [9.17, 15) is 4.79 Å². The van der Waals surface area contributed by atoms with E-state index in [1.807, 2.05) is 18.2 Å². The summed E-state index contributed by atoms with van der Waals surface area (Å²) in [6.45, 7) is 5.07. The van der Waals surface area contributed by atoms with Gasteiger partial charge in [-0.2, -0.15) is 0 Å². The minimum atomic E-state index is -0.0351. The highest BCUT2D eigenvalue weighted by Crippen LogP contribution is 2.43. The van der Waals surface area contributed by atoms with Crippen LogP contribution in [0, 0.1) is 0 Å². The molecule has 1 saturated heterocycles. The molecule has 1 saturated carbocycles. The van der Waals surface area contributed by atoms with E-state index in [0.29, 0.717) is 23.2 Å². The normalized spacial score (nSPS) is 16.5. The lowest BCUT2D eigenvalue weighted by atomic mass is 9.98. The maximum absolute atomic E-state index is 13.0. The number of benzene rings is 2. The zero-order chi connectivity index (χ0) is 22.1. The average molecular weight is 450 g/mol. The third kappa shape index (κ3) is 4.38. The van der Waals surface area contributed by atoms with E-state index in [1.54, 1.807) is 0 Å². The van der Waals surface area contributed by atoms with Crippen molar-refractivity contribution in [3.63, 3.8) is 0 Å². The lowest BCUT2D eigenvalue weighted by molar-refractivity contribution is 0.0949. The molecular weight excluding hydrogens is 418 g/mol. The van der Waals surface area contributed by atoms with Crippen molar-refractivity contribution in [2.24, 2.45) is 0 Å². The third-order valence-electron chi connectivity index (χ3n) is 7.00. The largest absolute Gasteiger partial charge is 0.372 e. The number of aromatic amines is 1. The highest BCUT2D eigenvalue weighted by atomic mass is 35.5. The number of carbonyl (C=O) groups is 1. The maximum Gasteiger partial charge on any atom is 0.268 e. The fourth-order valence-corrected chi connectivity index (χ4v) is 5.29. The number of aryl methyl sites for hydroxylation is 1. The van der Waals surface area contributed by atoms with Gasteiger partial charge in [0.1, 0.15) is 5.69 Å². The molecule has 1 aromatic heterocycles. The molecule has 1 aliphatic carbocycles. The molecule has 0 radical (unpaired) electrons. The van der Waals surface area contributed by atoms with Crippen LogP contribution in [0.4, 0.5) is 5.69 Å². The smallest absolute Gasteiger partial charge is 0.268 e. The molecule has 5 heteroatoms. The number of H-pyrrole nitrogens is 1. The number of carbonyl (C=O) groups excluding carboxylic acids is 1. The lowest BCUT2D eigenvalue weighted by Gasteiger charge is -2.29. The van der Waals surface area contributed by atoms with Crippen LogP contribution in [-0.4, -0.2) is 30.5 Å². The lowest BCUT2D eigenvalue weighted by Crippen LogP contribution is -2.29. The van der Waals surface area contributed by atoms with E-state index in [1.165, 1.54) is 62.0 Å². The third-order valence-corrected chi connectivity index (χ3v) is 7.23. The summed E-state index contributed by atoms with van der Waals surface area (Å²) in [5.74, 6) is 0.669. The van der Waals surface area contributed by atoms with Crippen LogP contribution in [0.2, 0.25) is 5.02 Å². The molecule has 168 valence electrons. The van der Waals surface area contributed by atoms with Gasteiger partial charge in [-0.1, -0.05) is 24.6 Å². The molecule has 2 fully saturated rings. The Labute approximate surface area is 195 Å². The number of aromatic nitrogens is 1. The van der Waals surface area contributed by atoms with Gasteiger partial charge in [0.05, 0.1) is 0 Å². The van der Waals surface area contributed by atoms with Gasteiger partial charge in [0, 0.05) is 41.2 Å². The van der Waals surface area contributed by atoms with Crippen LogP contribution in [0.15, 0.2) is 36.4 Å². The number of halogens is 1. The number of nitrogens with zero attached hydrogens (tertiary/aromatic N) is 1. The number of rotatable bonds is 7. The summed E-state index contributed by atoms with van der Waals surface area (Å²) in [5.41, 5.74) is 6.91. The van der Waals surface area contributed by atoms with E-state index in [-0.39, 0.29) is 5.91 Å². The number of hydrogen-bond donors (Lipinski definition) is 2. The second-order valence-electron chi connectivity index (χ2n) is 9.23.